The van der Waals surface area contributed by atoms with Crippen molar-refractivity contribution in [1.29, 1.82) is 5.26 Å². The second-order valence-corrected chi connectivity index (χ2v) is 4.71. The van der Waals surface area contributed by atoms with Gasteiger partial charge in [-0.3, -0.25) is 5.32 Å². The Morgan fingerprint density at radius 3 is 2.17 bits per heavy atom. The van der Waals surface area contributed by atoms with Crippen LogP contribution in [0.5, 0.6) is 0 Å². The Labute approximate surface area is 110 Å². The fourth-order valence-electron chi connectivity index (χ4n) is 1.54. The lowest BCUT2D eigenvalue weighted by atomic mass is 9.99. The summed E-state index contributed by atoms with van der Waals surface area (Å²) in [5.41, 5.74) is -0.523. The molecule has 0 aliphatic heterocycles. The Kier molecular flexibility index (Phi) is 9.89. The van der Waals surface area contributed by atoms with Crippen LogP contribution in [0.2, 0.25) is 0 Å². The first-order valence-electron chi connectivity index (χ1n) is 6.37. The van der Waals surface area contributed by atoms with Crippen molar-refractivity contribution in [3.63, 3.8) is 0 Å². The molecule has 106 valence electrons. The average molecular weight is 258 g/mol. The van der Waals surface area contributed by atoms with Crippen molar-refractivity contribution >= 4 is 0 Å². The predicted octanol–water partition coefficient (Wildman–Crippen LogP) is 1.34. The molecule has 1 unspecified atom stereocenters. The van der Waals surface area contributed by atoms with E-state index in [1.807, 2.05) is 20.8 Å². The van der Waals surface area contributed by atoms with E-state index in [0.717, 1.165) is 0 Å². The predicted molar refractivity (Wildman–Crippen MR) is 70.4 cm³/mol. The third-order valence-corrected chi connectivity index (χ3v) is 2.40. The van der Waals surface area contributed by atoms with Crippen LogP contribution in [0.25, 0.3) is 0 Å². The van der Waals surface area contributed by atoms with Crippen LogP contribution in [0.1, 0.15) is 27.2 Å². The summed E-state index contributed by atoms with van der Waals surface area (Å²) in [4.78, 5) is 0. The van der Waals surface area contributed by atoms with E-state index in [0.29, 0.717) is 39.5 Å². The molecule has 0 aromatic carbocycles. The van der Waals surface area contributed by atoms with Gasteiger partial charge in [-0.15, -0.1) is 0 Å². The van der Waals surface area contributed by atoms with E-state index < -0.39 is 5.54 Å². The lowest BCUT2D eigenvalue weighted by Gasteiger charge is -2.25. The molecular formula is C13H26N2O3. The number of nitriles is 1. The summed E-state index contributed by atoms with van der Waals surface area (Å²) in [6.45, 7) is 8.80. The van der Waals surface area contributed by atoms with Crippen molar-refractivity contribution < 1.29 is 14.2 Å². The zero-order valence-electron chi connectivity index (χ0n) is 12.0. The van der Waals surface area contributed by atoms with Crippen molar-refractivity contribution in [1.82, 2.24) is 5.32 Å². The fourth-order valence-corrected chi connectivity index (χ4v) is 1.54. The van der Waals surface area contributed by atoms with Gasteiger partial charge in [0.25, 0.3) is 0 Å². The van der Waals surface area contributed by atoms with Crippen LogP contribution >= 0.6 is 0 Å². The van der Waals surface area contributed by atoms with Gasteiger partial charge in [-0.25, -0.2) is 0 Å². The van der Waals surface area contributed by atoms with Crippen molar-refractivity contribution in [3.05, 3.63) is 0 Å². The molecule has 0 heterocycles. The molecule has 0 aliphatic carbocycles. The molecule has 18 heavy (non-hydrogen) atoms. The van der Waals surface area contributed by atoms with E-state index in [9.17, 15) is 0 Å². The topological polar surface area (TPSA) is 63.5 Å². The van der Waals surface area contributed by atoms with E-state index in [1.165, 1.54) is 0 Å². The highest BCUT2D eigenvalue weighted by Gasteiger charge is 2.23. The van der Waals surface area contributed by atoms with Gasteiger partial charge in [-0.05, 0) is 20.8 Å². The van der Waals surface area contributed by atoms with Crippen molar-refractivity contribution in [3.8, 4) is 6.07 Å². The van der Waals surface area contributed by atoms with Gasteiger partial charge in [0.1, 0.15) is 5.54 Å². The highest BCUT2D eigenvalue weighted by atomic mass is 16.5. The van der Waals surface area contributed by atoms with E-state index in [4.69, 9.17) is 19.5 Å². The van der Waals surface area contributed by atoms with Crippen LogP contribution in [0.15, 0.2) is 0 Å². The van der Waals surface area contributed by atoms with Crippen LogP contribution in [-0.4, -0.2) is 51.7 Å². The molecule has 0 spiro atoms. The summed E-state index contributed by atoms with van der Waals surface area (Å²) in [5.74, 6) is 0. The first-order valence-corrected chi connectivity index (χ1v) is 6.37. The maximum atomic E-state index is 9.13. The quantitative estimate of drug-likeness (QED) is 0.567. The number of hydrogen-bond donors (Lipinski definition) is 1. The second-order valence-electron chi connectivity index (χ2n) is 4.71. The van der Waals surface area contributed by atoms with Gasteiger partial charge in [-0.1, -0.05) is 0 Å². The lowest BCUT2D eigenvalue weighted by Crippen LogP contribution is -2.45. The molecule has 0 aliphatic rings. The minimum atomic E-state index is -0.523. The zero-order valence-corrected chi connectivity index (χ0v) is 12.0. The SMILES string of the molecule is COCCOCCOCCC(C)(C#N)NC(C)C. The Morgan fingerprint density at radius 2 is 1.67 bits per heavy atom. The van der Waals surface area contributed by atoms with Crippen LogP contribution in [0.4, 0.5) is 0 Å². The average Bonchev–Trinajstić information content (AvgIpc) is 2.32. The summed E-state index contributed by atoms with van der Waals surface area (Å²) in [7, 11) is 1.64. The van der Waals surface area contributed by atoms with Crippen LogP contribution < -0.4 is 5.32 Å². The Hall–Kier alpha value is -0.670. The number of rotatable bonds is 11. The maximum absolute atomic E-state index is 9.13. The van der Waals surface area contributed by atoms with Gasteiger partial charge < -0.3 is 14.2 Å². The maximum Gasteiger partial charge on any atom is 0.106 e. The molecule has 1 atom stereocenters. The largest absolute Gasteiger partial charge is 0.382 e. The molecule has 0 aromatic heterocycles. The van der Waals surface area contributed by atoms with E-state index in [2.05, 4.69) is 11.4 Å². The first-order chi connectivity index (χ1) is 8.54. The number of hydrogen-bond acceptors (Lipinski definition) is 5. The molecular weight excluding hydrogens is 232 g/mol. The summed E-state index contributed by atoms with van der Waals surface area (Å²) < 4.78 is 15.6. The molecule has 0 radical (unpaired) electrons. The number of methoxy groups -OCH3 is 1. The highest BCUT2D eigenvalue weighted by Crippen LogP contribution is 2.09. The number of nitrogens with one attached hydrogen (secondary N) is 1. The Bertz CT molecular complexity index is 241. The molecule has 0 bridgehead atoms. The zero-order chi connectivity index (χ0) is 13.9. The third-order valence-electron chi connectivity index (χ3n) is 2.40. The first kappa shape index (κ1) is 17.3. The molecule has 5 heteroatoms. The van der Waals surface area contributed by atoms with Crippen molar-refractivity contribution in [2.75, 3.05) is 40.1 Å². The van der Waals surface area contributed by atoms with Gasteiger partial charge in [0.2, 0.25) is 0 Å². The number of nitrogens with zero attached hydrogens (tertiary/aromatic N) is 1. The van der Waals surface area contributed by atoms with Gasteiger partial charge in [0, 0.05) is 26.2 Å². The molecule has 0 aromatic rings. The lowest BCUT2D eigenvalue weighted by molar-refractivity contribution is 0.0214. The van der Waals surface area contributed by atoms with E-state index in [1.54, 1.807) is 7.11 Å². The molecule has 0 saturated carbocycles. The molecule has 0 rings (SSSR count). The van der Waals surface area contributed by atoms with Crippen LogP contribution in [0, 0.1) is 11.3 Å². The second kappa shape index (κ2) is 10.3. The van der Waals surface area contributed by atoms with Gasteiger partial charge in [0.15, 0.2) is 0 Å². The van der Waals surface area contributed by atoms with Gasteiger partial charge in [0.05, 0.1) is 32.5 Å². The third kappa shape index (κ3) is 9.37. The van der Waals surface area contributed by atoms with Crippen molar-refractivity contribution in [2.45, 2.75) is 38.8 Å². The van der Waals surface area contributed by atoms with E-state index >= 15 is 0 Å². The number of ether oxygens (including phenoxy) is 3. The Morgan fingerprint density at radius 1 is 1.11 bits per heavy atom. The normalized spacial score (nSPS) is 14.4. The summed E-state index contributed by atoms with van der Waals surface area (Å²) >= 11 is 0. The molecule has 0 saturated heterocycles. The van der Waals surface area contributed by atoms with E-state index in [-0.39, 0.29) is 6.04 Å². The van der Waals surface area contributed by atoms with Crippen LogP contribution in [-0.2, 0) is 14.2 Å². The summed E-state index contributed by atoms with van der Waals surface area (Å²) in [6.07, 6.45) is 0.666. The van der Waals surface area contributed by atoms with Gasteiger partial charge >= 0.3 is 0 Å². The fraction of sp³-hybridized carbons (Fsp3) is 0.923. The summed E-state index contributed by atoms with van der Waals surface area (Å²) in [6, 6.07) is 2.57. The standard InChI is InChI=1S/C13H26N2O3/c1-12(2)15-13(3,11-14)5-6-17-9-10-18-8-7-16-4/h12,15H,5-10H2,1-4H3. The van der Waals surface area contributed by atoms with Gasteiger partial charge in [-0.2, -0.15) is 5.26 Å². The van der Waals surface area contributed by atoms with Crippen molar-refractivity contribution in [2.24, 2.45) is 0 Å². The molecule has 5 nitrogen and oxygen atoms in total. The highest BCUT2D eigenvalue weighted by molar-refractivity contribution is 5.04. The summed E-state index contributed by atoms with van der Waals surface area (Å²) in [5, 5.41) is 12.4. The molecule has 0 fully saturated rings. The minimum Gasteiger partial charge on any atom is -0.382 e. The monoisotopic (exact) mass is 258 g/mol. The minimum absolute atomic E-state index is 0.284. The molecule has 0 amide bonds. The molecule has 1 N–H and O–H groups in total. The smallest absolute Gasteiger partial charge is 0.106 e. The Balaban J connectivity index is 3.54. The van der Waals surface area contributed by atoms with Crippen LogP contribution in [0.3, 0.4) is 0 Å².